The van der Waals surface area contributed by atoms with Gasteiger partial charge in [-0.05, 0) is 18.9 Å². The van der Waals surface area contributed by atoms with Crippen LogP contribution in [0.3, 0.4) is 0 Å². The van der Waals surface area contributed by atoms with Gasteiger partial charge in [-0.25, -0.2) is 0 Å². The van der Waals surface area contributed by atoms with Crippen LogP contribution >= 0.6 is 0 Å². The van der Waals surface area contributed by atoms with E-state index in [-0.39, 0.29) is 0 Å². The largest absolute Gasteiger partial charge is 0.115 e. The molecule has 0 amide bonds. The predicted molar refractivity (Wildman–Crippen MR) is 37.4 cm³/mol. The Kier molecular flexibility index (Phi) is 3.03. The lowest BCUT2D eigenvalue weighted by Crippen LogP contribution is -1.86. The highest BCUT2D eigenvalue weighted by atomic mass is 14.0. The van der Waals surface area contributed by atoms with E-state index in [1.165, 1.54) is 5.57 Å². The van der Waals surface area contributed by atoms with Crippen molar-refractivity contribution in [3.8, 4) is 12.3 Å². The van der Waals surface area contributed by atoms with E-state index in [9.17, 15) is 0 Å². The van der Waals surface area contributed by atoms with E-state index < -0.39 is 0 Å². The van der Waals surface area contributed by atoms with Gasteiger partial charge >= 0.3 is 0 Å². The number of terminal acetylenes is 1. The van der Waals surface area contributed by atoms with Gasteiger partial charge in [0.1, 0.15) is 0 Å². The fourth-order valence-corrected chi connectivity index (χ4v) is 0.298. The van der Waals surface area contributed by atoms with Crippen molar-refractivity contribution in [1.82, 2.24) is 0 Å². The van der Waals surface area contributed by atoms with Gasteiger partial charge in [-0.1, -0.05) is 25.3 Å². The average molecular weight is 108 g/mol. The van der Waals surface area contributed by atoms with Crippen molar-refractivity contribution in [2.24, 2.45) is 5.92 Å². The molecule has 0 spiro atoms. The summed E-state index contributed by atoms with van der Waals surface area (Å²) in [7, 11) is 0. The smallest absolute Gasteiger partial charge is 0.0130 e. The summed E-state index contributed by atoms with van der Waals surface area (Å²) in [6.45, 7) is 6.30. The minimum atomic E-state index is 0.589. The quantitative estimate of drug-likeness (QED) is 0.452. The molecule has 0 saturated carbocycles. The maximum absolute atomic E-state index is 5.04. The van der Waals surface area contributed by atoms with Crippen LogP contribution in [-0.4, -0.2) is 0 Å². The zero-order valence-corrected chi connectivity index (χ0v) is 5.73. The van der Waals surface area contributed by atoms with Gasteiger partial charge < -0.3 is 0 Å². The second kappa shape index (κ2) is 3.32. The van der Waals surface area contributed by atoms with Crippen molar-refractivity contribution in [1.29, 1.82) is 0 Å². The molecule has 0 nitrogen and oxygen atoms in total. The summed E-state index contributed by atoms with van der Waals surface area (Å²) in [4.78, 5) is 0. The highest BCUT2D eigenvalue weighted by Gasteiger charge is 1.91. The Morgan fingerprint density at radius 1 is 1.62 bits per heavy atom. The lowest BCUT2D eigenvalue weighted by Gasteiger charge is -1.99. The van der Waals surface area contributed by atoms with Gasteiger partial charge in [0.25, 0.3) is 0 Å². The Labute approximate surface area is 51.6 Å². The molecular weight excluding hydrogens is 96.1 g/mol. The lowest BCUT2D eigenvalue weighted by molar-refractivity contribution is 0.770. The summed E-state index contributed by atoms with van der Waals surface area (Å²) in [5.41, 5.74) is 1.27. The molecule has 0 radical (unpaired) electrons. The van der Waals surface area contributed by atoms with E-state index in [0.717, 1.165) is 0 Å². The van der Waals surface area contributed by atoms with Gasteiger partial charge in [0.05, 0.1) is 0 Å². The van der Waals surface area contributed by atoms with Gasteiger partial charge in [-0.2, -0.15) is 0 Å². The van der Waals surface area contributed by atoms with E-state index in [1.807, 2.05) is 13.0 Å². The molecule has 0 aliphatic carbocycles. The second-order valence-electron chi connectivity index (χ2n) is 2.21. The van der Waals surface area contributed by atoms with Gasteiger partial charge in [0.15, 0.2) is 0 Å². The van der Waals surface area contributed by atoms with E-state index in [2.05, 4.69) is 19.8 Å². The molecular formula is C8H12. The summed E-state index contributed by atoms with van der Waals surface area (Å²) >= 11 is 0. The zero-order chi connectivity index (χ0) is 6.57. The lowest BCUT2D eigenvalue weighted by atomic mass is 10.1. The van der Waals surface area contributed by atoms with E-state index in [0.29, 0.717) is 5.92 Å². The van der Waals surface area contributed by atoms with Gasteiger partial charge in [0.2, 0.25) is 0 Å². The second-order valence-corrected chi connectivity index (χ2v) is 2.21. The van der Waals surface area contributed by atoms with Crippen molar-refractivity contribution in [2.45, 2.75) is 20.8 Å². The Morgan fingerprint density at radius 2 is 2.12 bits per heavy atom. The Hall–Kier alpha value is -0.700. The summed E-state index contributed by atoms with van der Waals surface area (Å²) in [6, 6.07) is 0. The fraction of sp³-hybridized carbons (Fsp3) is 0.500. The van der Waals surface area contributed by atoms with Crippen molar-refractivity contribution in [2.75, 3.05) is 0 Å². The van der Waals surface area contributed by atoms with Crippen LogP contribution < -0.4 is 0 Å². The van der Waals surface area contributed by atoms with Gasteiger partial charge in [-0.3, -0.25) is 0 Å². The molecule has 0 aromatic carbocycles. The number of allylic oxidation sites excluding steroid dienone is 2. The van der Waals surface area contributed by atoms with Crippen molar-refractivity contribution >= 4 is 0 Å². The minimum Gasteiger partial charge on any atom is -0.115 e. The predicted octanol–water partition coefficient (Wildman–Crippen LogP) is 2.22. The van der Waals surface area contributed by atoms with Crippen LogP contribution in [0.4, 0.5) is 0 Å². The maximum Gasteiger partial charge on any atom is -0.0130 e. The van der Waals surface area contributed by atoms with Crippen molar-refractivity contribution in [3.63, 3.8) is 0 Å². The molecule has 0 aromatic rings. The van der Waals surface area contributed by atoms with Crippen LogP contribution in [0.1, 0.15) is 20.8 Å². The minimum absolute atomic E-state index is 0.589. The van der Waals surface area contributed by atoms with Crippen molar-refractivity contribution < 1.29 is 0 Å². The van der Waals surface area contributed by atoms with E-state index in [4.69, 9.17) is 6.42 Å². The molecule has 0 saturated heterocycles. The van der Waals surface area contributed by atoms with E-state index in [1.54, 1.807) is 0 Å². The number of hydrogen-bond acceptors (Lipinski definition) is 0. The zero-order valence-electron chi connectivity index (χ0n) is 5.73. The molecule has 0 bridgehead atoms. The van der Waals surface area contributed by atoms with E-state index >= 15 is 0 Å². The molecule has 0 rings (SSSR count). The molecule has 0 aliphatic heterocycles. The summed E-state index contributed by atoms with van der Waals surface area (Å²) in [5, 5.41) is 0. The number of hydrogen-bond donors (Lipinski definition) is 0. The SMILES string of the molecule is C#CC=C(C)C(C)C. The first-order valence-corrected chi connectivity index (χ1v) is 2.81. The van der Waals surface area contributed by atoms with Crippen LogP contribution in [0.5, 0.6) is 0 Å². The number of rotatable bonds is 1. The molecule has 0 atom stereocenters. The third-order valence-corrected chi connectivity index (χ3v) is 1.22. The standard InChI is InChI=1S/C8H12/c1-5-6-8(4)7(2)3/h1,6-7H,2-4H3. The Bertz CT molecular complexity index is 121. The summed E-state index contributed by atoms with van der Waals surface area (Å²) in [6.07, 6.45) is 6.85. The topological polar surface area (TPSA) is 0 Å². The third kappa shape index (κ3) is 2.47. The van der Waals surface area contributed by atoms with Gasteiger partial charge in [-0.15, -0.1) is 6.42 Å². The van der Waals surface area contributed by atoms with Crippen LogP contribution in [0, 0.1) is 18.3 Å². The van der Waals surface area contributed by atoms with Crippen LogP contribution in [0.15, 0.2) is 11.6 Å². The van der Waals surface area contributed by atoms with Crippen LogP contribution in [0.25, 0.3) is 0 Å². The molecule has 8 heavy (non-hydrogen) atoms. The molecule has 44 valence electrons. The fourth-order valence-electron chi connectivity index (χ4n) is 0.298. The normalized spacial score (nSPS) is 11.6. The first kappa shape index (κ1) is 7.30. The molecule has 0 heteroatoms. The highest BCUT2D eigenvalue weighted by Crippen LogP contribution is 2.05. The Morgan fingerprint density at radius 3 is 2.25 bits per heavy atom. The van der Waals surface area contributed by atoms with Gasteiger partial charge in [0, 0.05) is 0 Å². The molecule has 0 aliphatic rings. The van der Waals surface area contributed by atoms with Crippen LogP contribution in [-0.2, 0) is 0 Å². The average Bonchev–Trinajstić information content (AvgIpc) is 1.67. The first-order chi connectivity index (χ1) is 3.68. The third-order valence-electron chi connectivity index (χ3n) is 1.22. The molecule has 0 unspecified atom stereocenters. The maximum atomic E-state index is 5.04. The molecule has 0 heterocycles. The Balaban J connectivity index is 3.85. The molecule has 0 fully saturated rings. The van der Waals surface area contributed by atoms with Crippen molar-refractivity contribution in [3.05, 3.63) is 11.6 Å². The molecule has 0 aromatic heterocycles. The highest BCUT2D eigenvalue weighted by molar-refractivity contribution is 5.16. The first-order valence-electron chi connectivity index (χ1n) is 2.81. The summed E-state index contributed by atoms with van der Waals surface area (Å²) < 4.78 is 0. The summed E-state index contributed by atoms with van der Waals surface area (Å²) in [5.74, 6) is 3.08. The molecule has 0 N–H and O–H groups in total. The monoisotopic (exact) mass is 108 g/mol. The van der Waals surface area contributed by atoms with Crippen LogP contribution in [0.2, 0.25) is 0 Å².